The highest BCUT2D eigenvalue weighted by Gasteiger charge is 2.32. The van der Waals surface area contributed by atoms with Crippen LogP contribution in [0, 0.1) is 0 Å². The fourth-order valence-electron chi connectivity index (χ4n) is 2.71. The van der Waals surface area contributed by atoms with E-state index < -0.39 is 18.0 Å². The number of piperazine rings is 1. The minimum absolute atomic E-state index is 0.0817. The molecule has 1 unspecified atom stereocenters. The van der Waals surface area contributed by atoms with E-state index in [1.165, 1.54) is 4.90 Å². The summed E-state index contributed by atoms with van der Waals surface area (Å²) in [6, 6.07) is -1.25. The van der Waals surface area contributed by atoms with Gasteiger partial charge in [-0.05, 0) is 19.3 Å². The molecular weight excluding hydrogens is 276 g/mol. The van der Waals surface area contributed by atoms with Crippen LogP contribution in [0.2, 0.25) is 0 Å². The van der Waals surface area contributed by atoms with Gasteiger partial charge < -0.3 is 25.5 Å². The minimum Gasteiger partial charge on any atom is -0.480 e. The van der Waals surface area contributed by atoms with Crippen molar-refractivity contribution >= 4 is 17.9 Å². The van der Waals surface area contributed by atoms with Gasteiger partial charge in [-0.15, -0.1) is 0 Å². The Morgan fingerprint density at radius 2 is 1.86 bits per heavy atom. The van der Waals surface area contributed by atoms with Crippen molar-refractivity contribution in [2.75, 3.05) is 39.3 Å². The van der Waals surface area contributed by atoms with Crippen LogP contribution >= 0.6 is 0 Å². The molecule has 0 bridgehead atoms. The molecule has 0 aromatic rings. The number of hydrogen-bond acceptors (Lipinski definition) is 4. The van der Waals surface area contributed by atoms with E-state index in [0.29, 0.717) is 26.1 Å². The molecule has 2 fully saturated rings. The van der Waals surface area contributed by atoms with Crippen molar-refractivity contribution in [1.82, 2.24) is 20.4 Å². The van der Waals surface area contributed by atoms with Gasteiger partial charge in [0.1, 0.15) is 6.04 Å². The predicted octanol–water partition coefficient (Wildman–Crippen LogP) is -0.933. The molecule has 0 aromatic carbocycles. The Hall–Kier alpha value is -1.83. The number of carboxylic acid groups (broad SMARTS) is 1. The van der Waals surface area contributed by atoms with Crippen LogP contribution in [0.4, 0.5) is 4.79 Å². The summed E-state index contributed by atoms with van der Waals surface area (Å²) < 4.78 is 0. The number of rotatable bonds is 3. The number of carbonyl (C=O) groups excluding carboxylic acids is 2. The zero-order valence-electron chi connectivity index (χ0n) is 12.0. The van der Waals surface area contributed by atoms with Crippen molar-refractivity contribution in [3.05, 3.63) is 0 Å². The molecule has 2 aliphatic rings. The van der Waals surface area contributed by atoms with Gasteiger partial charge in [-0.3, -0.25) is 4.79 Å². The third-order valence-electron chi connectivity index (χ3n) is 3.91. The Balaban J connectivity index is 1.82. The van der Waals surface area contributed by atoms with Crippen LogP contribution in [0.3, 0.4) is 0 Å². The molecule has 21 heavy (non-hydrogen) atoms. The van der Waals surface area contributed by atoms with Gasteiger partial charge in [0.15, 0.2) is 0 Å². The highest BCUT2D eigenvalue weighted by atomic mass is 16.4. The van der Waals surface area contributed by atoms with Gasteiger partial charge in [0.05, 0.1) is 6.54 Å². The van der Waals surface area contributed by atoms with Crippen molar-refractivity contribution in [1.29, 1.82) is 0 Å². The second-order valence-electron chi connectivity index (χ2n) is 5.33. The van der Waals surface area contributed by atoms with Gasteiger partial charge in [0.25, 0.3) is 0 Å². The van der Waals surface area contributed by atoms with Gasteiger partial charge in [-0.25, -0.2) is 9.59 Å². The highest BCUT2D eigenvalue weighted by molar-refractivity contribution is 5.86. The molecule has 2 heterocycles. The van der Waals surface area contributed by atoms with Gasteiger partial charge in [-0.1, -0.05) is 0 Å². The summed E-state index contributed by atoms with van der Waals surface area (Å²) in [4.78, 5) is 38.2. The maximum absolute atomic E-state index is 12.1. The predicted molar refractivity (Wildman–Crippen MR) is 74.8 cm³/mol. The topological polar surface area (TPSA) is 102 Å². The maximum Gasteiger partial charge on any atom is 0.326 e. The number of nitrogens with zero attached hydrogens (tertiary/aromatic N) is 2. The van der Waals surface area contributed by atoms with E-state index in [1.54, 1.807) is 4.90 Å². The molecule has 0 spiro atoms. The fourth-order valence-corrected chi connectivity index (χ4v) is 2.71. The van der Waals surface area contributed by atoms with Gasteiger partial charge in [0, 0.05) is 32.7 Å². The summed E-state index contributed by atoms with van der Waals surface area (Å²) in [6.45, 7) is 3.12. The van der Waals surface area contributed by atoms with Crippen LogP contribution in [-0.4, -0.2) is 78.1 Å². The van der Waals surface area contributed by atoms with Crippen molar-refractivity contribution in [3.8, 4) is 0 Å². The largest absolute Gasteiger partial charge is 0.480 e. The minimum atomic E-state index is -0.988. The summed E-state index contributed by atoms with van der Waals surface area (Å²) >= 11 is 0. The zero-order chi connectivity index (χ0) is 15.2. The first-order valence-electron chi connectivity index (χ1n) is 7.35. The van der Waals surface area contributed by atoms with E-state index in [4.69, 9.17) is 5.11 Å². The molecule has 8 nitrogen and oxygen atoms in total. The van der Waals surface area contributed by atoms with Gasteiger partial charge in [0.2, 0.25) is 5.91 Å². The number of carboxylic acids is 1. The highest BCUT2D eigenvalue weighted by Crippen LogP contribution is 2.17. The fraction of sp³-hybridized carbons (Fsp3) is 0.769. The second kappa shape index (κ2) is 7.26. The maximum atomic E-state index is 12.1. The molecular formula is C13H22N4O4. The number of carbonyl (C=O) groups is 3. The average molecular weight is 298 g/mol. The first-order chi connectivity index (χ1) is 10.1. The van der Waals surface area contributed by atoms with Crippen molar-refractivity contribution in [2.24, 2.45) is 0 Å². The molecule has 0 aliphatic carbocycles. The number of urea groups is 1. The monoisotopic (exact) mass is 298 g/mol. The van der Waals surface area contributed by atoms with Crippen molar-refractivity contribution in [2.45, 2.75) is 25.3 Å². The molecule has 3 N–H and O–H groups in total. The van der Waals surface area contributed by atoms with E-state index in [9.17, 15) is 14.4 Å². The van der Waals surface area contributed by atoms with Crippen LogP contribution in [-0.2, 0) is 9.59 Å². The van der Waals surface area contributed by atoms with Crippen LogP contribution in [0.15, 0.2) is 0 Å². The molecule has 0 radical (unpaired) electrons. The third-order valence-corrected chi connectivity index (χ3v) is 3.91. The van der Waals surface area contributed by atoms with Crippen LogP contribution in [0.25, 0.3) is 0 Å². The molecule has 3 amide bonds. The number of aliphatic carboxylic acids is 1. The van der Waals surface area contributed by atoms with E-state index in [1.807, 2.05) is 0 Å². The lowest BCUT2D eigenvalue weighted by Crippen LogP contribution is -2.54. The Labute approximate surface area is 123 Å². The molecule has 8 heteroatoms. The van der Waals surface area contributed by atoms with Crippen molar-refractivity contribution in [3.63, 3.8) is 0 Å². The first-order valence-corrected chi connectivity index (χ1v) is 7.35. The zero-order valence-corrected chi connectivity index (χ0v) is 12.0. The summed E-state index contributed by atoms with van der Waals surface area (Å²) in [5.74, 6) is -1.12. The van der Waals surface area contributed by atoms with E-state index in [0.717, 1.165) is 25.9 Å². The number of amides is 3. The van der Waals surface area contributed by atoms with Crippen LogP contribution in [0.5, 0.6) is 0 Å². The second-order valence-corrected chi connectivity index (χ2v) is 5.33. The lowest BCUT2D eigenvalue weighted by molar-refractivity contribution is -0.143. The van der Waals surface area contributed by atoms with Gasteiger partial charge in [-0.2, -0.15) is 0 Å². The average Bonchev–Trinajstić information content (AvgIpc) is 2.53. The SMILES string of the molecule is O=C(O)C1CCCCN1C(=O)NCC(=O)N1CCNCC1. The number of piperidine rings is 1. The molecule has 118 valence electrons. The molecule has 2 rings (SSSR count). The number of likely N-dealkylation sites (tertiary alicyclic amines) is 1. The molecule has 1 atom stereocenters. The Bertz CT molecular complexity index is 409. The standard InChI is InChI=1S/C13H22N4O4/c18-11(16-7-4-14-5-8-16)9-15-13(21)17-6-2-1-3-10(17)12(19)20/h10,14H,1-9H2,(H,15,21)(H,19,20). The summed E-state index contributed by atoms with van der Waals surface area (Å²) in [5, 5.41) is 14.8. The summed E-state index contributed by atoms with van der Waals surface area (Å²) in [5.41, 5.74) is 0. The molecule has 2 saturated heterocycles. The van der Waals surface area contributed by atoms with Gasteiger partial charge >= 0.3 is 12.0 Å². The van der Waals surface area contributed by atoms with Crippen molar-refractivity contribution < 1.29 is 19.5 Å². The lowest BCUT2D eigenvalue weighted by Gasteiger charge is -2.33. The normalized spacial score (nSPS) is 22.8. The summed E-state index contributed by atoms with van der Waals surface area (Å²) in [7, 11) is 0. The van der Waals surface area contributed by atoms with E-state index in [-0.39, 0.29) is 12.5 Å². The Morgan fingerprint density at radius 3 is 2.52 bits per heavy atom. The number of nitrogens with one attached hydrogen (secondary N) is 2. The molecule has 0 aromatic heterocycles. The Kier molecular flexibility index (Phi) is 5.38. The number of hydrogen-bond donors (Lipinski definition) is 3. The molecule has 2 aliphatic heterocycles. The third kappa shape index (κ3) is 4.07. The molecule has 0 saturated carbocycles. The van der Waals surface area contributed by atoms with Crippen LogP contribution in [0.1, 0.15) is 19.3 Å². The van der Waals surface area contributed by atoms with Crippen LogP contribution < -0.4 is 10.6 Å². The Morgan fingerprint density at radius 1 is 1.14 bits per heavy atom. The van der Waals surface area contributed by atoms with E-state index in [2.05, 4.69) is 10.6 Å². The quantitative estimate of drug-likeness (QED) is 0.624. The van der Waals surface area contributed by atoms with E-state index >= 15 is 0 Å². The lowest BCUT2D eigenvalue weighted by atomic mass is 10.0. The smallest absolute Gasteiger partial charge is 0.326 e. The first kappa shape index (κ1) is 15.6. The summed E-state index contributed by atoms with van der Waals surface area (Å²) in [6.07, 6.45) is 2.07.